The Hall–Kier alpha value is -3.97. The molecule has 168 valence electrons. The highest BCUT2D eigenvalue weighted by Crippen LogP contribution is 2.40. The maximum atomic E-state index is 13.6. The lowest BCUT2D eigenvalue weighted by molar-refractivity contribution is -0.120. The minimum absolute atomic E-state index is 0.108. The fraction of sp³-hybridized carbons (Fsp3) is 0.120. The lowest BCUT2D eigenvalue weighted by atomic mass is 10.0. The van der Waals surface area contributed by atoms with Gasteiger partial charge in [-0.1, -0.05) is 41.9 Å². The van der Waals surface area contributed by atoms with Crippen LogP contribution in [0.2, 0.25) is 5.02 Å². The van der Waals surface area contributed by atoms with Crippen molar-refractivity contribution in [1.29, 1.82) is 0 Å². The second-order valence-electron chi connectivity index (χ2n) is 7.07. The molecule has 0 bridgehead atoms. The van der Waals surface area contributed by atoms with Crippen molar-refractivity contribution in [3.8, 4) is 17.2 Å². The Labute approximate surface area is 196 Å². The van der Waals surface area contributed by atoms with Crippen LogP contribution in [-0.2, 0) is 9.59 Å². The number of amides is 2. The first-order chi connectivity index (χ1) is 16.0. The van der Waals surface area contributed by atoms with E-state index in [0.29, 0.717) is 33.5 Å². The summed E-state index contributed by atoms with van der Waals surface area (Å²) in [6.45, 7) is 0. The van der Waals surface area contributed by atoms with Crippen LogP contribution in [0.3, 0.4) is 0 Å². The number of carbonyl (C=O) groups is 2. The second kappa shape index (κ2) is 9.26. The summed E-state index contributed by atoms with van der Waals surface area (Å²) in [6.07, 6.45) is 0. The van der Waals surface area contributed by atoms with Crippen LogP contribution in [-0.4, -0.2) is 33.1 Å². The molecule has 8 heteroatoms. The Bertz CT molecular complexity index is 1260. The van der Waals surface area contributed by atoms with E-state index < -0.39 is 11.8 Å². The third-order valence-electron chi connectivity index (χ3n) is 5.20. The van der Waals surface area contributed by atoms with Crippen LogP contribution in [0.25, 0.3) is 5.57 Å². The quantitative estimate of drug-likeness (QED) is 0.508. The summed E-state index contributed by atoms with van der Waals surface area (Å²) < 4.78 is 16.1. The van der Waals surface area contributed by atoms with E-state index in [-0.39, 0.29) is 17.0 Å². The first-order valence-corrected chi connectivity index (χ1v) is 10.4. The number of methoxy groups -OCH3 is 3. The summed E-state index contributed by atoms with van der Waals surface area (Å²) >= 11 is 6.17. The zero-order valence-electron chi connectivity index (χ0n) is 18.2. The van der Waals surface area contributed by atoms with Gasteiger partial charge in [-0.15, -0.1) is 0 Å². The van der Waals surface area contributed by atoms with Crippen molar-refractivity contribution in [2.24, 2.45) is 0 Å². The predicted molar refractivity (Wildman–Crippen MR) is 127 cm³/mol. The van der Waals surface area contributed by atoms with Crippen LogP contribution in [0, 0.1) is 0 Å². The van der Waals surface area contributed by atoms with Gasteiger partial charge in [0.2, 0.25) is 0 Å². The lowest BCUT2D eigenvalue weighted by Gasteiger charge is -2.19. The van der Waals surface area contributed by atoms with Crippen LogP contribution in [0.1, 0.15) is 5.56 Å². The van der Waals surface area contributed by atoms with Crippen LogP contribution in [0.5, 0.6) is 17.2 Å². The number of hydrogen-bond donors (Lipinski definition) is 1. The summed E-state index contributed by atoms with van der Waals surface area (Å²) in [5.41, 5.74) is 1.68. The second-order valence-corrected chi connectivity index (χ2v) is 7.51. The molecule has 3 aromatic carbocycles. The van der Waals surface area contributed by atoms with Crippen molar-refractivity contribution in [3.63, 3.8) is 0 Å². The van der Waals surface area contributed by atoms with Gasteiger partial charge in [0.05, 0.1) is 38.3 Å². The number of benzene rings is 3. The van der Waals surface area contributed by atoms with Crippen molar-refractivity contribution < 1.29 is 23.8 Å². The van der Waals surface area contributed by atoms with Gasteiger partial charge < -0.3 is 19.5 Å². The molecule has 0 unspecified atom stereocenters. The Morgan fingerprint density at radius 2 is 1.52 bits per heavy atom. The van der Waals surface area contributed by atoms with Crippen molar-refractivity contribution in [2.45, 2.75) is 0 Å². The number of halogens is 1. The number of nitrogens with zero attached hydrogens (tertiary/aromatic N) is 1. The molecule has 0 aromatic heterocycles. The highest BCUT2D eigenvalue weighted by molar-refractivity contribution is 6.46. The van der Waals surface area contributed by atoms with Crippen molar-refractivity contribution in [3.05, 3.63) is 83.0 Å². The van der Waals surface area contributed by atoms with Gasteiger partial charge in [-0.05, 0) is 35.9 Å². The molecule has 0 atom stereocenters. The molecule has 1 heterocycles. The minimum Gasteiger partial charge on any atom is -0.497 e. The Morgan fingerprint density at radius 1 is 0.788 bits per heavy atom. The van der Waals surface area contributed by atoms with Crippen LogP contribution in [0.15, 0.2) is 72.4 Å². The molecule has 1 aliphatic heterocycles. The van der Waals surface area contributed by atoms with Gasteiger partial charge in [0.15, 0.2) is 0 Å². The Kier molecular flexibility index (Phi) is 6.24. The summed E-state index contributed by atoms with van der Waals surface area (Å²) in [6, 6.07) is 18.9. The van der Waals surface area contributed by atoms with Crippen LogP contribution >= 0.6 is 11.6 Å². The van der Waals surface area contributed by atoms with E-state index in [1.54, 1.807) is 61.7 Å². The number of ether oxygens (including phenoxy) is 3. The topological polar surface area (TPSA) is 77.1 Å². The largest absolute Gasteiger partial charge is 0.497 e. The number of carbonyl (C=O) groups excluding carboxylic acids is 2. The fourth-order valence-corrected chi connectivity index (χ4v) is 3.78. The van der Waals surface area contributed by atoms with Crippen molar-refractivity contribution >= 4 is 40.4 Å². The molecule has 0 fully saturated rings. The zero-order valence-corrected chi connectivity index (χ0v) is 19.0. The maximum Gasteiger partial charge on any atom is 0.282 e. The smallest absolute Gasteiger partial charge is 0.282 e. The molecule has 4 rings (SSSR count). The van der Waals surface area contributed by atoms with Crippen molar-refractivity contribution in [2.75, 3.05) is 31.5 Å². The van der Waals surface area contributed by atoms with Gasteiger partial charge in [-0.3, -0.25) is 9.59 Å². The molecule has 1 aliphatic rings. The molecular weight excluding hydrogens is 444 g/mol. The molecule has 0 aliphatic carbocycles. The van der Waals surface area contributed by atoms with E-state index in [0.717, 1.165) is 4.90 Å². The first-order valence-electron chi connectivity index (χ1n) is 9.99. The summed E-state index contributed by atoms with van der Waals surface area (Å²) in [5.74, 6) is 0.345. The van der Waals surface area contributed by atoms with Crippen LogP contribution < -0.4 is 24.4 Å². The van der Waals surface area contributed by atoms with Gasteiger partial charge in [-0.2, -0.15) is 0 Å². The Morgan fingerprint density at radius 3 is 2.18 bits per heavy atom. The molecule has 3 aromatic rings. The average molecular weight is 465 g/mol. The van der Waals surface area contributed by atoms with Gasteiger partial charge >= 0.3 is 0 Å². The number of imide groups is 1. The summed E-state index contributed by atoms with van der Waals surface area (Å²) in [4.78, 5) is 28.3. The molecule has 0 spiro atoms. The monoisotopic (exact) mass is 464 g/mol. The van der Waals surface area contributed by atoms with E-state index in [1.807, 2.05) is 6.07 Å². The fourth-order valence-electron chi connectivity index (χ4n) is 3.61. The van der Waals surface area contributed by atoms with Gasteiger partial charge in [0.1, 0.15) is 22.9 Å². The van der Waals surface area contributed by atoms with Gasteiger partial charge in [0, 0.05) is 11.1 Å². The minimum atomic E-state index is -0.544. The first kappa shape index (κ1) is 22.2. The number of hydrogen-bond acceptors (Lipinski definition) is 6. The third kappa shape index (κ3) is 4.10. The third-order valence-corrected chi connectivity index (χ3v) is 5.43. The normalized spacial score (nSPS) is 13.4. The van der Waals surface area contributed by atoms with Crippen LogP contribution in [0.4, 0.5) is 11.4 Å². The maximum absolute atomic E-state index is 13.6. The van der Waals surface area contributed by atoms with Gasteiger partial charge in [0.25, 0.3) is 11.8 Å². The molecule has 0 radical (unpaired) electrons. The number of rotatable bonds is 7. The van der Waals surface area contributed by atoms with E-state index >= 15 is 0 Å². The zero-order chi connectivity index (χ0) is 23.5. The standard InChI is InChI=1S/C25H21ClN2O5/c1-31-17-10-11-18(21(14-17)33-3)27-23-22(15-7-5-4-6-8-15)24(29)28(25(23)30)19-13-16(26)9-12-20(19)32-2/h4-14,27H,1-3H3. The molecule has 1 N–H and O–H groups in total. The van der Waals surface area contributed by atoms with E-state index in [2.05, 4.69) is 5.32 Å². The highest BCUT2D eigenvalue weighted by Gasteiger charge is 2.41. The summed E-state index contributed by atoms with van der Waals surface area (Å²) in [5, 5.41) is 3.47. The molecule has 7 nitrogen and oxygen atoms in total. The van der Waals surface area contributed by atoms with E-state index in [9.17, 15) is 9.59 Å². The average Bonchev–Trinajstić information content (AvgIpc) is 3.08. The number of anilines is 2. The molecule has 2 amide bonds. The van der Waals surface area contributed by atoms with E-state index in [4.69, 9.17) is 25.8 Å². The molecule has 0 saturated carbocycles. The molecule has 0 saturated heterocycles. The van der Waals surface area contributed by atoms with Crippen molar-refractivity contribution in [1.82, 2.24) is 0 Å². The Balaban J connectivity index is 1.85. The highest BCUT2D eigenvalue weighted by atomic mass is 35.5. The predicted octanol–water partition coefficient (Wildman–Crippen LogP) is 4.76. The lowest BCUT2D eigenvalue weighted by Crippen LogP contribution is -2.32. The molecule has 33 heavy (non-hydrogen) atoms. The van der Waals surface area contributed by atoms with Gasteiger partial charge in [-0.25, -0.2) is 4.90 Å². The van der Waals surface area contributed by atoms with E-state index in [1.165, 1.54) is 20.3 Å². The SMILES string of the molecule is COc1ccc(NC2=C(c3ccccc3)C(=O)N(c3cc(Cl)ccc3OC)C2=O)c(OC)c1. The number of nitrogens with one attached hydrogen (secondary N) is 1. The molecular formula is C25H21ClN2O5. The summed E-state index contributed by atoms with van der Waals surface area (Å²) in [7, 11) is 4.52.